The smallest absolute Gasteiger partial charge is 0.139 e. The lowest BCUT2D eigenvalue weighted by atomic mass is 10.2. The van der Waals surface area contributed by atoms with Crippen molar-refractivity contribution >= 4 is 59.8 Å². The zero-order chi connectivity index (χ0) is 16.8. The molecule has 3 N–H and O–H groups in total. The number of halogens is 4. The van der Waals surface area contributed by atoms with E-state index in [1.165, 1.54) is 6.21 Å². The molecule has 0 aliphatic rings. The highest BCUT2D eigenvalue weighted by Gasteiger charge is 2.09. The van der Waals surface area contributed by atoms with Crippen LogP contribution in [-0.2, 0) is 6.61 Å². The molecule has 0 unspecified atom stereocenters. The first-order valence-corrected chi connectivity index (χ1v) is 7.59. The van der Waals surface area contributed by atoms with Crippen molar-refractivity contribution in [1.29, 1.82) is 5.41 Å². The number of hydrogen-bond acceptors (Lipinski definition) is 4. The number of nitrogens with zero attached hydrogens (tertiary/aromatic N) is 2. The van der Waals surface area contributed by atoms with E-state index >= 15 is 0 Å². The highest BCUT2D eigenvalue weighted by atomic mass is 35.5. The van der Waals surface area contributed by atoms with Crippen LogP contribution in [0, 0.1) is 5.41 Å². The molecule has 0 bridgehead atoms. The topological polar surface area (TPSA) is 74.7 Å². The maximum atomic E-state index is 6.95. The lowest BCUT2D eigenvalue weighted by Crippen LogP contribution is -2.22. The number of hydrogen-bond donors (Lipinski definition) is 2. The van der Waals surface area contributed by atoms with Gasteiger partial charge < -0.3 is 4.74 Å². The second-order valence-corrected chi connectivity index (χ2v) is 5.58. The van der Waals surface area contributed by atoms with Gasteiger partial charge in [-0.15, -0.1) is 12.4 Å². The fourth-order valence-electron chi connectivity index (χ4n) is 1.72. The molecule has 0 heterocycles. The fraction of sp³-hybridized carbons (Fsp3) is 0.0667. The Morgan fingerprint density at radius 3 is 2.54 bits per heavy atom. The van der Waals surface area contributed by atoms with Crippen LogP contribution in [-0.4, -0.2) is 17.7 Å². The van der Waals surface area contributed by atoms with Crippen LogP contribution in [0.2, 0.25) is 15.1 Å². The Kier molecular flexibility index (Phi) is 8.31. The minimum absolute atomic E-state index is 0. The average molecular weight is 408 g/mol. The summed E-state index contributed by atoms with van der Waals surface area (Å²) in [7, 11) is 0. The van der Waals surface area contributed by atoms with E-state index in [0.717, 1.165) is 17.0 Å². The standard InChI is InChI=1S/C15H13Cl3N4O.ClH/c16-12-5-1-4-11(14(12)17)8-23-13-6-2-3-10(15(13)18)7-21-22(20)9-19;/h1-7,9,19H,8,20H2;1H. The zero-order valence-corrected chi connectivity index (χ0v) is 15.3. The third-order valence-corrected chi connectivity index (χ3v) is 4.13. The van der Waals surface area contributed by atoms with Crippen LogP contribution >= 0.6 is 47.2 Å². The normalized spacial score (nSPS) is 10.3. The minimum Gasteiger partial charge on any atom is -0.487 e. The Morgan fingerprint density at radius 2 is 1.83 bits per heavy atom. The van der Waals surface area contributed by atoms with Gasteiger partial charge in [-0.3, -0.25) is 5.41 Å². The predicted molar refractivity (Wildman–Crippen MR) is 102 cm³/mol. The van der Waals surface area contributed by atoms with Gasteiger partial charge in [0.2, 0.25) is 0 Å². The summed E-state index contributed by atoms with van der Waals surface area (Å²) in [5, 5.41) is 12.9. The van der Waals surface area contributed by atoms with Crippen molar-refractivity contribution < 1.29 is 4.74 Å². The van der Waals surface area contributed by atoms with E-state index in [4.69, 9.17) is 50.8 Å². The van der Waals surface area contributed by atoms with E-state index in [0.29, 0.717) is 26.4 Å². The van der Waals surface area contributed by atoms with Crippen molar-refractivity contribution in [3.63, 3.8) is 0 Å². The Labute approximate surface area is 160 Å². The van der Waals surface area contributed by atoms with Gasteiger partial charge in [-0.2, -0.15) is 10.2 Å². The highest BCUT2D eigenvalue weighted by Crippen LogP contribution is 2.30. The molecular weight excluding hydrogens is 394 g/mol. The molecule has 2 aromatic rings. The van der Waals surface area contributed by atoms with Gasteiger partial charge in [-0.25, -0.2) is 5.84 Å². The van der Waals surface area contributed by atoms with Gasteiger partial charge in [0.15, 0.2) is 0 Å². The molecule has 128 valence electrons. The number of nitrogens with one attached hydrogen (secondary N) is 1. The molecule has 9 heteroatoms. The van der Waals surface area contributed by atoms with Gasteiger partial charge >= 0.3 is 0 Å². The molecule has 0 spiro atoms. The summed E-state index contributed by atoms with van der Waals surface area (Å²) < 4.78 is 5.71. The van der Waals surface area contributed by atoms with Gasteiger partial charge in [0.25, 0.3) is 0 Å². The highest BCUT2D eigenvalue weighted by molar-refractivity contribution is 6.42. The van der Waals surface area contributed by atoms with E-state index in [-0.39, 0.29) is 19.0 Å². The van der Waals surface area contributed by atoms with Crippen LogP contribution in [0.4, 0.5) is 0 Å². The van der Waals surface area contributed by atoms with Crippen LogP contribution < -0.4 is 10.6 Å². The predicted octanol–water partition coefficient (Wildman–Crippen LogP) is 4.76. The third kappa shape index (κ3) is 5.26. The molecule has 2 aromatic carbocycles. The van der Waals surface area contributed by atoms with E-state index in [9.17, 15) is 0 Å². The van der Waals surface area contributed by atoms with Crippen LogP contribution in [0.3, 0.4) is 0 Å². The number of benzene rings is 2. The van der Waals surface area contributed by atoms with Crippen LogP contribution in [0.15, 0.2) is 41.5 Å². The summed E-state index contributed by atoms with van der Waals surface area (Å²) in [4.78, 5) is 0. The van der Waals surface area contributed by atoms with E-state index in [1.807, 2.05) is 6.07 Å². The Morgan fingerprint density at radius 1 is 1.12 bits per heavy atom. The van der Waals surface area contributed by atoms with Crippen molar-refractivity contribution in [3.05, 3.63) is 62.6 Å². The minimum atomic E-state index is 0. The fourth-order valence-corrected chi connectivity index (χ4v) is 2.32. The molecule has 0 amide bonds. The molecule has 0 fully saturated rings. The van der Waals surface area contributed by atoms with E-state index < -0.39 is 0 Å². The number of hydrazone groups is 1. The largest absolute Gasteiger partial charge is 0.487 e. The van der Waals surface area contributed by atoms with E-state index in [1.54, 1.807) is 30.3 Å². The molecule has 0 saturated heterocycles. The second kappa shape index (κ2) is 9.71. The van der Waals surface area contributed by atoms with Gasteiger partial charge in [0.05, 0.1) is 21.3 Å². The van der Waals surface area contributed by atoms with Gasteiger partial charge in [0, 0.05) is 11.1 Å². The lowest BCUT2D eigenvalue weighted by Gasteiger charge is -2.11. The number of rotatable bonds is 6. The number of ether oxygens (including phenoxy) is 1. The summed E-state index contributed by atoms with van der Waals surface area (Å²) >= 11 is 18.4. The molecular formula is C15H14Cl4N4O. The van der Waals surface area contributed by atoms with Crippen LogP contribution in [0.5, 0.6) is 5.75 Å². The van der Waals surface area contributed by atoms with Crippen LogP contribution in [0.25, 0.3) is 0 Å². The Hall–Kier alpha value is -1.50. The first-order chi connectivity index (χ1) is 11.0. The molecule has 2 rings (SSSR count). The summed E-state index contributed by atoms with van der Waals surface area (Å²) in [5.74, 6) is 5.84. The average Bonchev–Trinajstić information content (AvgIpc) is 2.55. The van der Waals surface area contributed by atoms with Crippen molar-refractivity contribution in [2.45, 2.75) is 6.61 Å². The van der Waals surface area contributed by atoms with Crippen molar-refractivity contribution in [3.8, 4) is 5.75 Å². The number of hydrazine groups is 1. The SMILES string of the molecule is Cl.N=CN(N)N=Cc1cccc(OCc2cccc(Cl)c2Cl)c1Cl. The zero-order valence-electron chi connectivity index (χ0n) is 12.2. The maximum Gasteiger partial charge on any atom is 0.139 e. The van der Waals surface area contributed by atoms with Crippen molar-refractivity contribution in [2.75, 3.05) is 0 Å². The number of nitrogens with two attached hydrogens (primary N) is 1. The maximum absolute atomic E-state index is 6.95. The molecule has 5 nitrogen and oxygen atoms in total. The molecule has 0 atom stereocenters. The van der Waals surface area contributed by atoms with Gasteiger partial charge in [-0.1, -0.05) is 59.1 Å². The van der Waals surface area contributed by atoms with Crippen molar-refractivity contribution in [2.24, 2.45) is 10.9 Å². The quantitative estimate of drug-likeness (QED) is 0.313. The summed E-state index contributed by atoms with van der Waals surface area (Å²) in [6, 6.07) is 10.6. The second-order valence-electron chi connectivity index (χ2n) is 4.41. The third-order valence-electron chi connectivity index (χ3n) is 2.87. The monoisotopic (exact) mass is 406 g/mol. The molecule has 0 radical (unpaired) electrons. The summed E-state index contributed by atoms with van der Waals surface area (Å²) in [5.41, 5.74) is 1.37. The first-order valence-electron chi connectivity index (χ1n) is 6.45. The molecule has 0 aromatic heterocycles. The van der Waals surface area contributed by atoms with Gasteiger partial charge in [-0.05, 0) is 12.1 Å². The van der Waals surface area contributed by atoms with Gasteiger partial charge in [0.1, 0.15) is 18.7 Å². The lowest BCUT2D eigenvalue weighted by molar-refractivity contribution is 0.306. The first kappa shape index (κ1) is 20.5. The van der Waals surface area contributed by atoms with Crippen molar-refractivity contribution in [1.82, 2.24) is 5.12 Å². The summed E-state index contributed by atoms with van der Waals surface area (Å²) in [6.45, 7) is 0.225. The van der Waals surface area contributed by atoms with E-state index in [2.05, 4.69) is 5.10 Å². The van der Waals surface area contributed by atoms with Crippen LogP contribution in [0.1, 0.15) is 11.1 Å². The molecule has 0 aliphatic heterocycles. The molecule has 0 saturated carbocycles. The summed E-state index contributed by atoms with van der Waals surface area (Å²) in [6.07, 6.45) is 2.30. The molecule has 0 aliphatic carbocycles. The Balaban J connectivity index is 0.00000288. The molecule has 24 heavy (non-hydrogen) atoms. The Bertz CT molecular complexity index is 739.